The van der Waals surface area contributed by atoms with Gasteiger partial charge in [0.25, 0.3) is 0 Å². The predicted molar refractivity (Wildman–Crippen MR) is 88.3 cm³/mol. The molecule has 0 saturated heterocycles. The molecule has 0 spiro atoms. The van der Waals surface area contributed by atoms with E-state index in [0.717, 1.165) is 0 Å². The standard InChI is InChI=1S/C17H24FN3O3/c1-4-10(2)15(16(19)23)21-17(24)14(20-11(3)22)9-12-5-7-13(18)8-6-12/h5-8,10,14-15H,4,9H2,1-3H3,(H2,19,23)(H,20,22)(H,21,24)/t10-,14+,15+/m1/s1. The van der Waals surface area contributed by atoms with Gasteiger partial charge >= 0.3 is 0 Å². The molecular weight excluding hydrogens is 313 g/mol. The van der Waals surface area contributed by atoms with Crippen LogP contribution in [-0.2, 0) is 20.8 Å². The van der Waals surface area contributed by atoms with Crippen molar-refractivity contribution in [3.8, 4) is 0 Å². The summed E-state index contributed by atoms with van der Waals surface area (Å²) in [5.74, 6) is -2.02. The Kier molecular flexibility index (Phi) is 7.35. The molecule has 0 aliphatic heterocycles. The maximum atomic E-state index is 13.0. The quantitative estimate of drug-likeness (QED) is 0.656. The highest BCUT2D eigenvalue weighted by molar-refractivity contribution is 5.91. The average molecular weight is 337 g/mol. The minimum absolute atomic E-state index is 0.129. The summed E-state index contributed by atoms with van der Waals surface area (Å²) >= 11 is 0. The minimum atomic E-state index is -0.876. The minimum Gasteiger partial charge on any atom is -0.368 e. The van der Waals surface area contributed by atoms with Gasteiger partial charge in [-0.3, -0.25) is 14.4 Å². The molecule has 7 heteroatoms. The van der Waals surface area contributed by atoms with E-state index >= 15 is 0 Å². The fourth-order valence-corrected chi connectivity index (χ4v) is 2.29. The second-order valence-electron chi connectivity index (χ2n) is 5.86. The number of hydrogen-bond donors (Lipinski definition) is 3. The Morgan fingerprint density at radius 3 is 2.21 bits per heavy atom. The van der Waals surface area contributed by atoms with Crippen molar-refractivity contribution < 1.29 is 18.8 Å². The van der Waals surface area contributed by atoms with Crippen molar-refractivity contribution in [3.63, 3.8) is 0 Å². The number of carbonyl (C=O) groups excluding carboxylic acids is 3. The number of nitrogens with one attached hydrogen (secondary N) is 2. The van der Waals surface area contributed by atoms with Crippen LogP contribution in [-0.4, -0.2) is 29.8 Å². The SMILES string of the molecule is CC[C@@H](C)[C@H](NC(=O)[C@H](Cc1ccc(F)cc1)NC(C)=O)C(N)=O. The lowest BCUT2D eigenvalue weighted by atomic mass is 9.97. The normalized spacial score (nSPS) is 14.3. The summed E-state index contributed by atoms with van der Waals surface area (Å²) < 4.78 is 13.0. The van der Waals surface area contributed by atoms with Crippen LogP contribution in [0.1, 0.15) is 32.8 Å². The zero-order chi connectivity index (χ0) is 18.3. The molecule has 0 saturated carbocycles. The Hall–Kier alpha value is -2.44. The van der Waals surface area contributed by atoms with Crippen molar-refractivity contribution in [2.45, 2.75) is 45.7 Å². The van der Waals surface area contributed by atoms with Crippen LogP contribution in [0.4, 0.5) is 4.39 Å². The van der Waals surface area contributed by atoms with E-state index in [9.17, 15) is 18.8 Å². The van der Waals surface area contributed by atoms with Crippen molar-refractivity contribution in [1.82, 2.24) is 10.6 Å². The molecule has 0 aromatic heterocycles. The van der Waals surface area contributed by atoms with Crippen LogP contribution in [0.3, 0.4) is 0 Å². The van der Waals surface area contributed by atoms with Gasteiger partial charge < -0.3 is 16.4 Å². The van der Waals surface area contributed by atoms with E-state index in [2.05, 4.69) is 10.6 Å². The Bertz CT molecular complexity index is 589. The van der Waals surface area contributed by atoms with E-state index in [1.54, 1.807) is 0 Å². The molecule has 1 aromatic rings. The van der Waals surface area contributed by atoms with Gasteiger partial charge in [0, 0.05) is 13.3 Å². The molecule has 0 bridgehead atoms. The number of amides is 3. The van der Waals surface area contributed by atoms with Crippen LogP contribution in [0.25, 0.3) is 0 Å². The second-order valence-corrected chi connectivity index (χ2v) is 5.86. The first-order valence-corrected chi connectivity index (χ1v) is 7.85. The summed E-state index contributed by atoms with van der Waals surface area (Å²) in [6.07, 6.45) is 0.842. The van der Waals surface area contributed by atoms with Crippen LogP contribution >= 0.6 is 0 Å². The second kappa shape index (κ2) is 9.00. The van der Waals surface area contributed by atoms with Gasteiger partial charge in [-0.15, -0.1) is 0 Å². The van der Waals surface area contributed by atoms with E-state index in [-0.39, 0.29) is 24.1 Å². The number of rotatable bonds is 8. The lowest BCUT2D eigenvalue weighted by molar-refractivity contribution is -0.131. The van der Waals surface area contributed by atoms with Crippen molar-refractivity contribution in [2.75, 3.05) is 0 Å². The van der Waals surface area contributed by atoms with Gasteiger partial charge in [0.15, 0.2) is 0 Å². The monoisotopic (exact) mass is 337 g/mol. The molecule has 0 heterocycles. The van der Waals surface area contributed by atoms with Crippen LogP contribution < -0.4 is 16.4 Å². The van der Waals surface area contributed by atoms with Crippen LogP contribution in [0.15, 0.2) is 24.3 Å². The molecule has 3 amide bonds. The van der Waals surface area contributed by atoms with E-state index in [1.165, 1.54) is 31.2 Å². The van der Waals surface area contributed by atoms with E-state index in [0.29, 0.717) is 12.0 Å². The number of primary amides is 1. The molecule has 132 valence electrons. The van der Waals surface area contributed by atoms with Crippen LogP contribution in [0.2, 0.25) is 0 Å². The molecule has 3 atom stereocenters. The number of nitrogens with two attached hydrogens (primary N) is 1. The van der Waals surface area contributed by atoms with Gasteiger partial charge in [0.1, 0.15) is 17.9 Å². The first-order chi connectivity index (χ1) is 11.2. The van der Waals surface area contributed by atoms with E-state index in [4.69, 9.17) is 5.73 Å². The number of benzene rings is 1. The summed E-state index contributed by atoms with van der Waals surface area (Å²) in [6.45, 7) is 4.99. The van der Waals surface area contributed by atoms with Crippen LogP contribution in [0.5, 0.6) is 0 Å². The van der Waals surface area contributed by atoms with Crippen molar-refractivity contribution >= 4 is 17.7 Å². The highest BCUT2D eigenvalue weighted by atomic mass is 19.1. The number of carbonyl (C=O) groups is 3. The third-order valence-electron chi connectivity index (χ3n) is 3.86. The number of halogens is 1. The predicted octanol–water partition coefficient (Wildman–Crippen LogP) is 0.889. The fraction of sp³-hybridized carbons (Fsp3) is 0.471. The molecule has 0 radical (unpaired) electrons. The summed E-state index contributed by atoms with van der Waals surface area (Å²) in [5, 5.41) is 5.15. The molecule has 0 unspecified atom stereocenters. The summed E-state index contributed by atoms with van der Waals surface area (Å²) in [6, 6.07) is 3.95. The van der Waals surface area contributed by atoms with Gasteiger partial charge in [-0.2, -0.15) is 0 Å². The fourth-order valence-electron chi connectivity index (χ4n) is 2.29. The molecule has 1 rings (SSSR count). The molecule has 6 nitrogen and oxygen atoms in total. The van der Waals surface area contributed by atoms with Gasteiger partial charge in [-0.05, 0) is 23.6 Å². The van der Waals surface area contributed by atoms with Crippen LogP contribution in [0, 0.1) is 11.7 Å². The zero-order valence-electron chi connectivity index (χ0n) is 14.1. The van der Waals surface area contributed by atoms with Crippen molar-refractivity contribution in [3.05, 3.63) is 35.6 Å². The topological polar surface area (TPSA) is 101 Å². The third-order valence-corrected chi connectivity index (χ3v) is 3.86. The third kappa shape index (κ3) is 5.98. The highest BCUT2D eigenvalue weighted by Crippen LogP contribution is 2.10. The lowest BCUT2D eigenvalue weighted by Crippen LogP contribution is -2.55. The van der Waals surface area contributed by atoms with Gasteiger partial charge in [-0.1, -0.05) is 32.4 Å². The smallest absolute Gasteiger partial charge is 0.243 e. The molecule has 0 aliphatic carbocycles. The molecular formula is C17H24FN3O3. The zero-order valence-corrected chi connectivity index (χ0v) is 14.1. The van der Waals surface area contributed by atoms with Gasteiger partial charge in [0.2, 0.25) is 17.7 Å². The molecule has 0 fully saturated rings. The maximum absolute atomic E-state index is 13.0. The maximum Gasteiger partial charge on any atom is 0.243 e. The summed E-state index contributed by atoms with van der Waals surface area (Å²) in [4.78, 5) is 35.4. The number of hydrogen-bond acceptors (Lipinski definition) is 3. The Morgan fingerprint density at radius 1 is 1.17 bits per heavy atom. The Balaban J connectivity index is 2.89. The largest absolute Gasteiger partial charge is 0.368 e. The Morgan fingerprint density at radius 2 is 1.75 bits per heavy atom. The molecule has 4 N–H and O–H groups in total. The molecule has 24 heavy (non-hydrogen) atoms. The first-order valence-electron chi connectivity index (χ1n) is 7.85. The lowest BCUT2D eigenvalue weighted by Gasteiger charge is -2.25. The highest BCUT2D eigenvalue weighted by Gasteiger charge is 2.28. The average Bonchev–Trinajstić information content (AvgIpc) is 2.52. The Labute approximate surface area is 141 Å². The van der Waals surface area contributed by atoms with Crippen molar-refractivity contribution in [1.29, 1.82) is 0 Å². The van der Waals surface area contributed by atoms with Gasteiger partial charge in [0.05, 0.1) is 0 Å². The first kappa shape index (κ1) is 19.6. The summed E-state index contributed by atoms with van der Waals surface area (Å²) in [5.41, 5.74) is 6.03. The van der Waals surface area contributed by atoms with E-state index < -0.39 is 23.9 Å². The summed E-state index contributed by atoms with van der Waals surface area (Å²) in [7, 11) is 0. The molecule has 1 aromatic carbocycles. The molecule has 0 aliphatic rings. The van der Waals surface area contributed by atoms with Crippen molar-refractivity contribution in [2.24, 2.45) is 11.7 Å². The van der Waals surface area contributed by atoms with E-state index in [1.807, 2.05) is 13.8 Å². The van der Waals surface area contributed by atoms with Gasteiger partial charge in [-0.25, -0.2) is 4.39 Å².